The third-order valence-corrected chi connectivity index (χ3v) is 5.24. The molecule has 1 amide bonds. The largest absolute Gasteiger partial charge is 0.481 e. The van der Waals surface area contributed by atoms with Crippen molar-refractivity contribution in [1.29, 1.82) is 0 Å². The van der Waals surface area contributed by atoms with Crippen LogP contribution in [0.1, 0.15) is 57.8 Å². The number of amides is 1. The van der Waals surface area contributed by atoms with Gasteiger partial charge < -0.3 is 14.7 Å². The third kappa shape index (κ3) is 4.22. The van der Waals surface area contributed by atoms with Gasteiger partial charge in [-0.05, 0) is 31.6 Å². The molecule has 0 spiro atoms. The van der Waals surface area contributed by atoms with Crippen molar-refractivity contribution in [2.75, 3.05) is 26.8 Å². The topological polar surface area (TPSA) is 66.8 Å². The molecule has 1 aliphatic heterocycles. The zero-order chi connectivity index (χ0) is 16.0. The van der Waals surface area contributed by atoms with Crippen molar-refractivity contribution in [2.24, 2.45) is 11.3 Å². The van der Waals surface area contributed by atoms with E-state index in [0.29, 0.717) is 31.8 Å². The second-order valence-electron chi connectivity index (χ2n) is 7.00. The standard InChI is InChI=1S/C17H29NO4/c1-22-13-17(16(20)21)9-6-10-18(12-17)15(19)11-14-7-4-2-3-5-8-14/h14H,2-13H2,1H3,(H,20,21). The molecule has 1 aliphatic carbocycles. The molecular weight excluding hydrogens is 282 g/mol. The summed E-state index contributed by atoms with van der Waals surface area (Å²) in [6.07, 6.45) is 9.21. The second kappa shape index (κ2) is 7.95. The highest BCUT2D eigenvalue weighted by Gasteiger charge is 2.43. The monoisotopic (exact) mass is 311 g/mol. The minimum Gasteiger partial charge on any atom is -0.481 e. The van der Waals surface area contributed by atoms with Crippen LogP contribution in [0.25, 0.3) is 0 Å². The average Bonchev–Trinajstić information content (AvgIpc) is 2.76. The molecule has 0 aromatic heterocycles. The summed E-state index contributed by atoms with van der Waals surface area (Å²) in [5.41, 5.74) is -0.924. The number of carbonyl (C=O) groups excluding carboxylic acids is 1. The van der Waals surface area contributed by atoms with E-state index in [1.807, 2.05) is 0 Å². The van der Waals surface area contributed by atoms with Crippen LogP contribution in [0.2, 0.25) is 0 Å². The Hall–Kier alpha value is -1.10. The van der Waals surface area contributed by atoms with Gasteiger partial charge in [0.25, 0.3) is 0 Å². The molecule has 1 unspecified atom stereocenters. The number of methoxy groups -OCH3 is 1. The van der Waals surface area contributed by atoms with Gasteiger partial charge in [0.15, 0.2) is 0 Å². The molecule has 2 rings (SSSR count). The van der Waals surface area contributed by atoms with Crippen molar-refractivity contribution >= 4 is 11.9 Å². The molecule has 2 aliphatic rings. The molecule has 0 radical (unpaired) electrons. The highest BCUT2D eigenvalue weighted by atomic mass is 16.5. The van der Waals surface area contributed by atoms with Gasteiger partial charge in [-0.15, -0.1) is 0 Å². The fraction of sp³-hybridized carbons (Fsp3) is 0.882. The summed E-state index contributed by atoms with van der Waals surface area (Å²) >= 11 is 0. The normalized spacial score (nSPS) is 27.4. The third-order valence-electron chi connectivity index (χ3n) is 5.24. The van der Waals surface area contributed by atoms with Crippen LogP contribution in [0.3, 0.4) is 0 Å². The molecule has 1 N–H and O–H groups in total. The molecule has 1 atom stereocenters. The van der Waals surface area contributed by atoms with Crippen LogP contribution >= 0.6 is 0 Å². The lowest BCUT2D eigenvalue weighted by atomic mass is 9.80. The SMILES string of the molecule is COCC1(C(=O)O)CCCN(C(=O)CC2CCCCCC2)C1. The molecule has 2 fully saturated rings. The van der Waals surface area contributed by atoms with Gasteiger partial charge >= 0.3 is 5.97 Å². The molecule has 0 aromatic carbocycles. The highest BCUT2D eigenvalue weighted by Crippen LogP contribution is 2.32. The van der Waals surface area contributed by atoms with Crippen molar-refractivity contribution in [3.05, 3.63) is 0 Å². The zero-order valence-electron chi connectivity index (χ0n) is 13.7. The summed E-state index contributed by atoms with van der Waals surface area (Å²) in [4.78, 5) is 26.0. The number of likely N-dealkylation sites (tertiary alicyclic amines) is 1. The summed E-state index contributed by atoms with van der Waals surface area (Å²) in [6.45, 7) is 1.15. The van der Waals surface area contributed by atoms with Crippen molar-refractivity contribution in [3.63, 3.8) is 0 Å². The molecular formula is C17H29NO4. The number of piperidine rings is 1. The summed E-state index contributed by atoms with van der Waals surface area (Å²) in [5, 5.41) is 9.56. The van der Waals surface area contributed by atoms with E-state index < -0.39 is 11.4 Å². The van der Waals surface area contributed by atoms with E-state index in [2.05, 4.69) is 0 Å². The predicted molar refractivity (Wildman–Crippen MR) is 83.6 cm³/mol. The van der Waals surface area contributed by atoms with Gasteiger partial charge in [-0.2, -0.15) is 0 Å². The van der Waals surface area contributed by atoms with E-state index in [4.69, 9.17) is 4.74 Å². The highest BCUT2D eigenvalue weighted by molar-refractivity contribution is 5.80. The smallest absolute Gasteiger partial charge is 0.313 e. The number of carbonyl (C=O) groups is 2. The Bertz CT molecular complexity index is 386. The molecule has 5 nitrogen and oxygen atoms in total. The Labute approximate surface area is 133 Å². The lowest BCUT2D eigenvalue weighted by Gasteiger charge is -2.39. The molecule has 1 heterocycles. The molecule has 22 heavy (non-hydrogen) atoms. The fourth-order valence-corrected chi connectivity index (χ4v) is 3.92. The Balaban J connectivity index is 1.95. The van der Waals surface area contributed by atoms with E-state index >= 15 is 0 Å². The Kier molecular flexibility index (Phi) is 6.24. The average molecular weight is 311 g/mol. The molecule has 126 valence electrons. The first-order valence-electron chi connectivity index (χ1n) is 8.57. The Morgan fingerprint density at radius 3 is 2.45 bits per heavy atom. The minimum atomic E-state index is -0.924. The maximum absolute atomic E-state index is 12.6. The van der Waals surface area contributed by atoms with Gasteiger partial charge in [-0.3, -0.25) is 9.59 Å². The van der Waals surface area contributed by atoms with Crippen LogP contribution in [-0.2, 0) is 14.3 Å². The van der Waals surface area contributed by atoms with Crippen LogP contribution in [-0.4, -0.2) is 48.7 Å². The van der Waals surface area contributed by atoms with Crippen molar-refractivity contribution in [1.82, 2.24) is 4.90 Å². The van der Waals surface area contributed by atoms with E-state index in [1.165, 1.54) is 32.8 Å². The fourth-order valence-electron chi connectivity index (χ4n) is 3.92. The van der Waals surface area contributed by atoms with Gasteiger partial charge in [0.2, 0.25) is 5.91 Å². The number of carboxylic acid groups (broad SMARTS) is 1. The quantitative estimate of drug-likeness (QED) is 0.793. The van der Waals surface area contributed by atoms with Crippen LogP contribution in [0.4, 0.5) is 0 Å². The second-order valence-corrected chi connectivity index (χ2v) is 7.00. The number of ether oxygens (including phenoxy) is 1. The lowest BCUT2D eigenvalue weighted by Crippen LogP contribution is -2.52. The maximum Gasteiger partial charge on any atom is 0.313 e. The van der Waals surface area contributed by atoms with Crippen LogP contribution in [0.15, 0.2) is 0 Å². The van der Waals surface area contributed by atoms with Gasteiger partial charge in [0, 0.05) is 26.6 Å². The molecule has 5 heteroatoms. The van der Waals surface area contributed by atoms with Crippen molar-refractivity contribution < 1.29 is 19.4 Å². The van der Waals surface area contributed by atoms with Crippen molar-refractivity contribution in [2.45, 2.75) is 57.8 Å². The van der Waals surface area contributed by atoms with Crippen molar-refractivity contribution in [3.8, 4) is 0 Å². The molecule has 1 saturated carbocycles. The number of hydrogen-bond donors (Lipinski definition) is 1. The van der Waals surface area contributed by atoms with Gasteiger partial charge in [0.05, 0.1) is 6.61 Å². The van der Waals surface area contributed by atoms with E-state index in [0.717, 1.165) is 19.3 Å². The maximum atomic E-state index is 12.6. The molecule has 1 saturated heterocycles. The lowest BCUT2D eigenvalue weighted by molar-refractivity contribution is -0.159. The van der Waals surface area contributed by atoms with Crippen LogP contribution in [0.5, 0.6) is 0 Å². The first kappa shape index (κ1) is 17.3. The van der Waals surface area contributed by atoms with E-state index in [9.17, 15) is 14.7 Å². The minimum absolute atomic E-state index is 0.133. The number of aliphatic carboxylic acids is 1. The van der Waals surface area contributed by atoms with E-state index in [1.54, 1.807) is 4.90 Å². The summed E-state index contributed by atoms with van der Waals surface area (Å²) in [5.74, 6) is -0.228. The number of nitrogens with zero attached hydrogens (tertiary/aromatic N) is 1. The van der Waals surface area contributed by atoms with Crippen LogP contribution < -0.4 is 0 Å². The summed E-state index contributed by atoms with van der Waals surface area (Å²) in [7, 11) is 1.52. The van der Waals surface area contributed by atoms with Crippen LogP contribution in [0, 0.1) is 11.3 Å². The Morgan fingerprint density at radius 1 is 1.18 bits per heavy atom. The van der Waals surface area contributed by atoms with Gasteiger partial charge in [0.1, 0.15) is 5.41 Å². The molecule has 0 aromatic rings. The number of rotatable bonds is 5. The Morgan fingerprint density at radius 2 is 1.86 bits per heavy atom. The predicted octanol–water partition coefficient (Wildman–Crippen LogP) is 2.69. The molecule has 0 bridgehead atoms. The summed E-state index contributed by atoms with van der Waals surface area (Å²) < 4.78 is 5.12. The van der Waals surface area contributed by atoms with Gasteiger partial charge in [-0.25, -0.2) is 0 Å². The van der Waals surface area contributed by atoms with Gasteiger partial charge in [-0.1, -0.05) is 25.7 Å². The zero-order valence-corrected chi connectivity index (χ0v) is 13.7. The first-order chi connectivity index (χ1) is 10.6. The number of hydrogen-bond acceptors (Lipinski definition) is 3. The number of carboxylic acids is 1. The summed E-state index contributed by atoms with van der Waals surface area (Å²) in [6, 6.07) is 0. The van der Waals surface area contributed by atoms with E-state index in [-0.39, 0.29) is 12.5 Å². The first-order valence-corrected chi connectivity index (χ1v) is 8.57.